The fraction of sp³-hybridized carbons (Fsp3) is 0.524. The number of phenolic OH excluding ortho intramolecular Hbond substituents is 2. The number of amides is 1. The first-order valence-corrected chi connectivity index (χ1v) is 20.0. The number of hydrogen-bond donors (Lipinski definition) is 5. The number of esters is 1. The molecule has 1 aromatic heterocycles. The molecule has 0 fully saturated rings. The van der Waals surface area contributed by atoms with Gasteiger partial charge in [0.1, 0.15) is 23.3 Å². The van der Waals surface area contributed by atoms with E-state index in [-0.39, 0.29) is 50.2 Å². The van der Waals surface area contributed by atoms with Crippen LogP contribution in [0.4, 0.5) is 10.8 Å². The zero-order valence-electron chi connectivity index (χ0n) is 34.4. The van der Waals surface area contributed by atoms with Gasteiger partial charge in [-0.2, -0.15) is 0 Å². The van der Waals surface area contributed by atoms with E-state index in [0.717, 1.165) is 0 Å². The van der Waals surface area contributed by atoms with Gasteiger partial charge in [-0.3, -0.25) is 14.4 Å². The molecule has 3 aromatic rings. The van der Waals surface area contributed by atoms with Crippen LogP contribution < -0.4 is 15.0 Å². The summed E-state index contributed by atoms with van der Waals surface area (Å²) in [6.45, 7) is 18.0. The molecule has 5 N–H and O–H groups in total. The van der Waals surface area contributed by atoms with E-state index in [4.69, 9.17) is 23.9 Å². The van der Waals surface area contributed by atoms with Gasteiger partial charge in [-0.15, -0.1) is 0 Å². The Morgan fingerprint density at radius 1 is 1.00 bits per heavy atom. The fourth-order valence-electron chi connectivity index (χ4n) is 7.74. The van der Waals surface area contributed by atoms with Crippen molar-refractivity contribution in [3.8, 4) is 17.2 Å². The number of carbonyl (C=O) groups is 3. The molecule has 1 amide bonds. The molecule has 3 heterocycles. The molecule has 57 heavy (non-hydrogen) atoms. The van der Waals surface area contributed by atoms with E-state index >= 15 is 0 Å². The van der Waals surface area contributed by atoms with E-state index in [1.807, 2.05) is 18.7 Å². The molecule has 9 atom stereocenters. The first-order valence-electron chi connectivity index (χ1n) is 19.2. The second-order valence-corrected chi connectivity index (χ2v) is 16.2. The van der Waals surface area contributed by atoms with E-state index in [1.165, 1.54) is 38.6 Å². The number of methoxy groups -OCH3 is 1. The van der Waals surface area contributed by atoms with Crippen molar-refractivity contribution in [3.63, 3.8) is 0 Å². The van der Waals surface area contributed by atoms with Crippen LogP contribution in [0.5, 0.6) is 17.2 Å². The molecular formula is C42H55N3O11S. The number of aromatic hydroxyl groups is 2. The Kier molecular flexibility index (Phi) is 13.0. The van der Waals surface area contributed by atoms with Crippen LogP contribution in [0.15, 0.2) is 36.1 Å². The first kappa shape index (κ1) is 43.4. The van der Waals surface area contributed by atoms with Gasteiger partial charge in [0.15, 0.2) is 10.9 Å². The van der Waals surface area contributed by atoms with E-state index in [2.05, 4.69) is 5.32 Å². The lowest BCUT2D eigenvalue weighted by Crippen LogP contribution is -2.46. The molecule has 0 saturated heterocycles. The van der Waals surface area contributed by atoms with E-state index < -0.39 is 77.3 Å². The quantitative estimate of drug-likeness (QED) is 0.138. The number of Topliss-reactive ketones (excluding diaryl/α,β-unsaturated/α-hetero) is 1. The molecule has 0 radical (unpaired) electrons. The number of phenols is 2. The van der Waals surface area contributed by atoms with E-state index in [0.29, 0.717) is 22.9 Å². The number of rotatable bonds is 5. The van der Waals surface area contributed by atoms with Crippen LogP contribution in [-0.4, -0.2) is 93.5 Å². The smallest absolute Gasteiger partial charge is 0.312 e. The molecule has 2 aliphatic heterocycles. The molecule has 0 aliphatic carbocycles. The number of ketones is 1. The van der Waals surface area contributed by atoms with Crippen LogP contribution in [0.1, 0.15) is 78.2 Å². The Hall–Kier alpha value is -4.70. The molecule has 14 nitrogen and oxygen atoms in total. The van der Waals surface area contributed by atoms with Crippen molar-refractivity contribution < 1.29 is 53.8 Å². The van der Waals surface area contributed by atoms with Crippen molar-refractivity contribution >= 4 is 60.8 Å². The summed E-state index contributed by atoms with van der Waals surface area (Å²) in [4.78, 5) is 47.5. The van der Waals surface area contributed by atoms with Crippen LogP contribution in [0, 0.1) is 30.6 Å². The van der Waals surface area contributed by atoms with Crippen LogP contribution >= 0.6 is 11.3 Å². The summed E-state index contributed by atoms with van der Waals surface area (Å²) >= 11 is 1.22. The standard InChI is InChI=1S/C42H55N3O11S/c1-12-45(13-2)41-44-30-27-28-34(49)24(8)37-29(27)39(51)42(10,56-37)54-18-17-26(53-11)21(5)36(55-25(9)46)23(7)33(48)22(6)32(47)19(3)15-14-16-20(4)40(52)43-31(35(28)50)38(30)57-41/h14-19,21-23,26,32-33,36,47-50H,12-13H2,1-11H3,(H,43,52)/b15-14+,18-17+,20-16-/t19-,21-,22+,23-,26+,32-,33+,36+,42-/m0/s1. The normalized spacial score (nSPS) is 30.7. The molecular weight excluding hydrogens is 755 g/mol. The number of thiazole rings is 1. The monoisotopic (exact) mass is 809 g/mol. The molecule has 15 heteroatoms. The maximum atomic E-state index is 14.5. The lowest BCUT2D eigenvalue weighted by molar-refractivity contribution is -0.160. The molecule has 2 aliphatic rings. The number of aliphatic hydroxyl groups excluding tert-OH is 2. The average molecular weight is 810 g/mol. The average Bonchev–Trinajstić information content (AvgIpc) is 3.72. The van der Waals surface area contributed by atoms with Gasteiger partial charge in [0.2, 0.25) is 0 Å². The lowest BCUT2D eigenvalue weighted by Gasteiger charge is -2.38. The van der Waals surface area contributed by atoms with Gasteiger partial charge in [0.05, 0.1) is 45.7 Å². The number of carbonyl (C=O) groups excluding carboxylic acids is 3. The highest BCUT2D eigenvalue weighted by Gasteiger charge is 2.50. The van der Waals surface area contributed by atoms with Crippen LogP contribution in [-0.2, 0) is 23.8 Å². The maximum Gasteiger partial charge on any atom is 0.312 e. The molecule has 4 bridgehead atoms. The fourth-order valence-corrected chi connectivity index (χ4v) is 8.94. The predicted molar refractivity (Wildman–Crippen MR) is 219 cm³/mol. The number of allylic oxidation sites excluding steroid dienone is 2. The van der Waals surface area contributed by atoms with Crippen LogP contribution in [0.3, 0.4) is 0 Å². The Bertz CT molecular complexity index is 2140. The third kappa shape index (κ3) is 7.94. The highest BCUT2D eigenvalue weighted by atomic mass is 32.1. The summed E-state index contributed by atoms with van der Waals surface area (Å²) in [6, 6.07) is 0. The van der Waals surface area contributed by atoms with Crippen molar-refractivity contribution in [2.75, 3.05) is 30.4 Å². The largest absolute Gasteiger partial charge is 0.507 e. The van der Waals surface area contributed by atoms with Gasteiger partial charge in [0, 0.05) is 74.2 Å². The third-order valence-corrected chi connectivity index (χ3v) is 12.5. The Labute approximate surface area is 336 Å². The van der Waals surface area contributed by atoms with Crippen molar-refractivity contribution in [2.45, 2.75) is 99.4 Å². The summed E-state index contributed by atoms with van der Waals surface area (Å²) in [5, 5.41) is 49.9. The summed E-state index contributed by atoms with van der Waals surface area (Å²) in [6.07, 6.45) is 3.95. The van der Waals surface area contributed by atoms with Gasteiger partial charge in [0.25, 0.3) is 11.7 Å². The molecule has 0 unspecified atom stereocenters. The number of benzene rings is 2. The van der Waals surface area contributed by atoms with Crippen molar-refractivity contribution in [1.29, 1.82) is 0 Å². The summed E-state index contributed by atoms with van der Waals surface area (Å²) < 4.78 is 24.2. The zero-order valence-corrected chi connectivity index (χ0v) is 35.2. The molecule has 310 valence electrons. The number of nitrogens with one attached hydrogen (secondary N) is 1. The topological polar surface area (TPSA) is 197 Å². The molecule has 0 saturated carbocycles. The van der Waals surface area contributed by atoms with Crippen LogP contribution in [0.25, 0.3) is 21.0 Å². The second-order valence-electron chi connectivity index (χ2n) is 15.2. The SMILES string of the molecule is CCN(CC)c1nc2c(s1)c1c(O)c3c(O)c(C)c4c(c32)C(=O)[C@@](C)(O/C=C/[C@@H](OC)[C@H](C)[C@@H](OC(C)=O)[C@@H](C)[C@H](O)[C@H](C)[C@@H](O)[C@@H](C)/C=C/C=C(/C)C(=O)N1)O4. The third-order valence-electron chi connectivity index (χ3n) is 11.4. The number of aromatic nitrogens is 1. The van der Waals surface area contributed by atoms with Gasteiger partial charge in [-0.25, -0.2) is 4.98 Å². The maximum absolute atomic E-state index is 14.5. The van der Waals surface area contributed by atoms with Gasteiger partial charge in [-0.05, 0) is 33.8 Å². The number of hydrogen-bond acceptors (Lipinski definition) is 14. The second kappa shape index (κ2) is 17.0. The van der Waals surface area contributed by atoms with Gasteiger partial charge >= 0.3 is 11.8 Å². The van der Waals surface area contributed by atoms with E-state index in [9.17, 15) is 34.8 Å². The summed E-state index contributed by atoms with van der Waals surface area (Å²) in [5.74, 6) is -6.80. The summed E-state index contributed by atoms with van der Waals surface area (Å²) in [5.41, 5.74) is 0.740. The lowest BCUT2D eigenvalue weighted by atomic mass is 9.78. The number of anilines is 2. The zero-order chi connectivity index (χ0) is 42.3. The van der Waals surface area contributed by atoms with Gasteiger partial charge in [-0.1, -0.05) is 57.3 Å². The van der Waals surface area contributed by atoms with Gasteiger partial charge < -0.3 is 49.6 Å². The Morgan fingerprint density at radius 2 is 1.67 bits per heavy atom. The van der Waals surface area contributed by atoms with Crippen molar-refractivity contribution in [1.82, 2.24) is 4.98 Å². The highest BCUT2D eigenvalue weighted by Crippen LogP contribution is 2.55. The minimum Gasteiger partial charge on any atom is -0.507 e. The minimum absolute atomic E-state index is 0.0139. The van der Waals surface area contributed by atoms with Crippen molar-refractivity contribution in [3.05, 3.63) is 47.3 Å². The number of ether oxygens (including phenoxy) is 4. The Morgan fingerprint density at radius 3 is 2.28 bits per heavy atom. The molecule has 5 rings (SSSR count). The number of aliphatic hydroxyl groups is 2. The number of fused-ring (bicyclic) bond motifs is 1. The minimum atomic E-state index is -1.94. The highest BCUT2D eigenvalue weighted by molar-refractivity contribution is 7.23. The first-order chi connectivity index (χ1) is 26.8. The predicted octanol–water partition coefficient (Wildman–Crippen LogP) is 6.50. The van der Waals surface area contributed by atoms with E-state index in [1.54, 1.807) is 65.8 Å². The Balaban J connectivity index is 1.75. The van der Waals surface area contributed by atoms with Crippen LogP contribution in [0.2, 0.25) is 0 Å². The number of nitrogens with zero attached hydrogens (tertiary/aromatic N) is 2. The molecule has 2 aromatic carbocycles. The summed E-state index contributed by atoms with van der Waals surface area (Å²) in [7, 11) is 1.46. The molecule has 0 spiro atoms. The van der Waals surface area contributed by atoms with Crippen molar-refractivity contribution in [2.24, 2.45) is 23.7 Å².